The maximum atomic E-state index is 12.8. The molecule has 1 heterocycles. The van der Waals surface area contributed by atoms with Gasteiger partial charge in [0.05, 0.1) is 12.1 Å². The van der Waals surface area contributed by atoms with Crippen molar-refractivity contribution in [2.45, 2.75) is 44.8 Å². The molecular formula is C20H26N4O2. The molecule has 0 radical (unpaired) electrons. The number of rotatable bonds is 7. The highest BCUT2D eigenvalue weighted by atomic mass is 16.2. The maximum Gasteiger partial charge on any atom is 0.245 e. The largest absolute Gasteiger partial charge is 0.347 e. The van der Waals surface area contributed by atoms with Crippen LogP contribution in [0.1, 0.15) is 38.1 Å². The number of hydrogen-bond acceptors (Lipinski definition) is 4. The number of nitrogens with two attached hydrogens (primary N) is 1. The number of benzene rings is 1. The van der Waals surface area contributed by atoms with Gasteiger partial charge in [0.25, 0.3) is 0 Å². The first kappa shape index (κ1) is 19.6. The van der Waals surface area contributed by atoms with Crippen LogP contribution in [0.25, 0.3) is 0 Å². The van der Waals surface area contributed by atoms with Crippen LogP contribution in [0.3, 0.4) is 0 Å². The smallest absolute Gasteiger partial charge is 0.245 e. The van der Waals surface area contributed by atoms with Crippen molar-refractivity contribution >= 4 is 11.8 Å². The minimum atomic E-state index is -1.08. The van der Waals surface area contributed by atoms with Gasteiger partial charge < -0.3 is 16.4 Å². The molecule has 4 N–H and O–H groups in total. The van der Waals surface area contributed by atoms with Crippen molar-refractivity contribution in [3.05, 3.63) is 66.0 Å². The number of carbonyl (C=O) groups is 2. The highest BCUT2D eigenvalue weighted by molar-refractivity contribution is 5.92. The van der Waals surface area contributed by atoms with Crippen LogP contribution in [-0.2, 0) is 16.0 Å². The van der Waals surface area contributed by atoms with Crippen molar-refractivity contribution in [3.8, 4) is 0 Å². The quantitative estimate of drug-likeness (QED) is 0.705. The minimum Gasteiger partial charge on any atom is -0.347 e. The fourth-order valence-electron chi connectivity index (χ4n) is 2.48. The van der Waals surface area contributed by atoms with Crippen LogP contribution in [-0.4, -0.2) is 28.4 Å². The van der Waals surface area contributed by atoms with E-state index in [1.807, 2.05) is 48.5 Å². The Kier molecular flexibility index (Phi) is 6.46. The Morgan fingerprint density at radius 1 is 1.12 bits per heavy atom. The van der Waals surface area contributed by atoms with E-state index in [9.17, 15) is 9.59 Å². The van der Waals surface area contributed by atoms with Crippen LogP contribution < -0.4 is 16.4 Å². The summed E-state index contributed by atoms with van der Waals surface area (Å²) >= 11 is 0. The molecule has 0 aliphatic heterocycles. The Bertz CT molecular complexity index is 730. The van der Waals surface area contributed by atoms with Gasteiger partial charge in [0.15, 0.2) is 0 Å². The van der Waals surface area contributed by atoms with Crippen LogP contribution in [0.2, 0.25) is 0 Å². The summed E-state index contributed by atoms with van der Waals surface area (Å²) < 4.78 is 0. The summed E-state index contributed by atoms with van der Waals surface area (Å²) in [6.07, 6.45) is 2.28. The molecule has 0 saturated heterocycles. The zero-order chi connectivity index (χ0) is 19.2. The number of carbonyl (C=O) groups excluding carboxylic acids is 2. The van der Waals surface area contributed by atoms with Crippen molar-refractivity contribution in [3.63, 3.8) is 0 Å². The fraction of sp³-hybridized carbons (Fsp3) is 0.350. The topological polar surface area (TPSA) is 97.1 Å². The zero-order valence-corrected chi connectivity index (χ0v) is 15.4. The van der Waals surface area contributed by atoms with E-state index in [1.165, 1.54) is 0 Å². The summed E-state index contributed by atoms with van der Waals surface area (Å²) in [5, 5.41) is 5.72. The first-order chi connectivity index (χ1) is 12.3. The molecule has 2 atom stereocenters. The van der Waals surface area contributed by atoms with Gasteiger partial charge in [0.2, 0.25) is 11.8 Å². The van der Waals surface area contributed by atoms with E-state index < -0.39 is 11.6 Å². The molecule has 26 heavy (non-hydrogen) atoms. The van der Waals surface area contributed by atoms with Crippen molar-refractivity contribution in [2.75, 3.05) is 0 Å². The first-order valence-corrected chi connectivity index (χ1v) is 8.63. The van der Waals surface area contributed by atoms with Crippen LogP contribution >= 0.6 is 0 Å². The van der Waals surface area contributed by atoms with Gasteiger partial charge in [-0.3, -0.25) is 14.6 Å². The van der Waals surface area contributed by atoms with Gasteiger partial charge in [0, 0.05) is 18.3 Å². The molecule has 0 aliphatic carbocycles. The predicted octanol–water partition coefficient (Wildman–Crippen LogP) is 1.72. The van der Waals surface area contributed by atoms with Gasteiger partial charge in [-0.25, -0.2) is 0 Å². The van der Waals surface area contributed by atoms with E-state index in [0.29, 0.717) is 6.42 Å². The Balaban J connectivity index is 2.18. The Morgan fingerprint density at radius 3 is 2.35 bits per heavy atom. The molecule has 0 bridgehead atoms. The third kappa shape index (κ3) is 5.39. The van der Waals surface area contributed by atoms with Crippen LogP contribution in [0.5, 0.6) is 0 Å². The van der Waals surface area contributed by atoms with Crippen LogP contribution in [0.15, 0.2) is 54.7 Å². The lowest BCUT2D eigenvalue weighted by Gasteiger charge is -2.29. The standard InChI is InChI=1S/C20H26N4O2/c1-14(21)18(25)24-20(2,3)19(26)23-17(15-9-5-4-6-10-15)13-16-11-7-8-12-22-16/h4-12,14,17H,13,21H2,1-3H3,(H,23,26)(H,24,25)/t14-,17-/m1/s1. The number of nitrogens with zero attached hydrogens (tertiary/aromatic N) is 1. The van der Waals surface area contributed by atoms with E-state index in [0.717, 1.165) is 11.3 Å². The highest BCUT2D eigenvalue weighted by Crippen LogP contribution is 2.18. The normalized spacial score (nSPS) is 13.5. The van der Waals surface area contributed by atoms with E-state index in [-0.39, 0.29) is 17.9 Å². The summed E-state index contributed by atoms with van der Waals surface area (Å²) in [6, 6.07) is 14.5. The molecule has 138 valence electrons. The SMILES string of the molecule is C[C@@H](N)C(=O)NC(C)(C)C(=O)N[C@H](Cc1ccccn1)c1ccccc1. The lowest BCUT2D eigenvalue weighted by atomic mass is 9.98. The molecular weight excluding hydrogens is 328 g/mol. The fourth-order valence-corrected chi connectivity index (χ4v) is 2.48. The summed E-state index contributed by atoms with van der Waals surface area (Å²) in [5.74, 6) is -0.651. The lowest BCUT2D eigenvalue weighted by molar-refractivity contribution is -0.133. The summed E-state index contributed by atoms with van der Waals surface area (Å²) in [7, 11) is 0. The molecule has 2 aromatic rings. The Morgan fingerprint density at radius 2 is 1.77 bits per heavy atom. The molecule has 0 unspecified atom stereocenters. The molecule has 2 amide bonds. The monoisotopic (exact) mass is 354 g/mol. The van der Waals surface area contributed by atoms with Gasteiger partial charge in [-0.1, -0.05) is 36.4 Å². The summed E-state index contributed by atoms with van der Waals surface area (Å²) in [5.41, 5.74) is 6.35. The molecule has 1 aromatic carbocycles. The molecule has 0 spiro atoms. The predicted molar refractivity (Wildman–Crippen MR) is 101 cm³/mol. The van der Waals surface area contributed by atoms with E-state index in [2.05, 4.69) is 15.6 Å². The average Bonchev–Trinajstić information content (AvgIpc) is 2.62. The number of pyridine rings is 1. The second-order valence-corrected chi connectivity index (χ2v) is 6.86. The van der Waals surface area contributed by atoms with Gasteiger partial charge in [0.1, 0.15) is 5.54 Å². The maximum absolute atomic E-state index is 12.8. The second kappa shape index (κ2) is 8.58. The zero-order valence-electron chi connectivity index (χ0n) is 15.4. The van der Waals surface area contributed by atoms with Crippen molar-refractivity contribution < 1.29 is 9.59 Å². The van der Waals surface area contributed by atoms with Gasteiger partial charge in [-0.05, 0) is 38.5 Å². The summed E-state index contributed by atoms with van der Waals surface area (Å²) in [6.45, 7) is 4.90. The molecule has 6 nitrogen and oxygen atoms in total. The molecule has 0 aliphatic rings. The molecule has 0 saturated carbocycles. The second-order valence-electron chi connectivity index (χ2n) is 6.86. The van der Waals surface area contributed by atoms with Gasteiger partial charge in [-0.2, -0.15) is 0 Å². The third-order valence-electron chi connectivity index (χ3n) is 4.06. The summed E-state index contributed by atoms with van der Waals surface area (Å²) in [4.78, 5) is 29.0. The van der Waals surface area contributed by atoms with Crippen molar-refractivity contribution in [1.29, 1.82) is 0 Å². The number of aromatic nitrogens is 1. The van der Waals surface area contributed by atoms with Crippen LogP contribution in [0, 0.1) is 0 Å². The third-order valence-corrected chi connectivity index (χ3v) is 4.06. The van der Waals surface area contributed by atoms with Crippen molar-refractivity contribution in [1.82, 2.24) is 15.6 Å². The van der Waals surface area contributed by atoms with E-state index in [4.69, 9.17) is 5.73 Å². The molecule has 0 fully saturated rings. The Hall–Kier alpha value is -2.73. The van der Waals surface area contributed by atoms with Gasteiger partial charge in [-0.15, -0.1) is 0 Å². The molecule has 1 aromatic heterocycles. The number of hydrogen-bond donors (Lipinski definition) is 3. The lowest BCUT2D eigenvalue weighted by Crippen LogP contribution is -2.58. The van der Waals surface area contributed by atoms with Gasteiger partial charge >= 0.3 is 0 Å². The van der Waals surface area contributed by atoms with E-state index >= 15 is 0 Å². The van der Waals surface area contributed by atoms with E-state index in [1.54, 1.807) is 27.0 Å². The first-order valence-electron chi connectivity index (χ1n) is 8.63. The minimum absolute atomic E-state index is 0.259. The highest BCUT2D eigenvalue weighted by Gasteiger charge is 2.32. The molecule has 6 heteroatoms. The Labute approximate surface area is 154 Å². The van der Waals surface area contributed by atoms with Crippen molar-refractivity contribution in [2.24, 2.45) is 5.73 Å². The molecule has 2 rings (SSSR count). The average molecular weight is 354 g/mol. The van der Waals surface area contributed by atoms with Crippen LogP contribution in [0.4, 0.5) is 0 Å². The number of nitrogens with one attached hydrogen (secondary N) is 2. The number of amides is 2.